The van der Waals surface area contributed by atoms with Crippen LogP contribution in [-0.4, -0.2) is 45.0 Å². The Hall–Kier alpha value is -2.78. The van der Waals surface area contributed by atoms with E-state index in [-0.39, 0.29) is 23.7 Å². The van der Waals surface area contributed by atoms with Crippen molar-refractivity contribution in [1.29, 1.82) is 0 Å². The first-order chi connectivity index (χ1) is 14.1. The predicted octanol–water partition coefficient (Wildman–Crippen LogP) is 3.17. The largest absolute Gasteiger partial charge is 0.282 e. The topological polar surface area (TPSA) is 62.2 Å². The molecule has 1 saturated heterocycles. The van der Waals surface area contributed by atoms with E-state index in [9.17, 15) is 13.6 Å². The van der Waals surface area contributed by atoms with Crippen LogP contribution in [0.4, 0.5) is 14.5 Å². The third-order valence-electron chi connectivity index (χ3n) is 5.53. The van der Waals surface area contributed by atoms with E-state index >= 15 is 0 Å². The van der Waals surface area contributed by atoms with Crippen molar-refractivity contribution < 1.29 is 13.6 Å². The van der Waals surface area contributed by atoms with Crippen LogP contribution in [0.5, 0.6) is 0 Å². The molecule has 6 nitrogen and oxygen atoms in total. The van der Waals surface area contributed by atoms with Gasteiger partial charge in [-0.2, -0.15) is 4.39 Å². The molecule has 2 atom stereocenters. The number of anilines is 1. The first-order valence-electron chi connectivity index (χ1n) is 9.29. The number of hydrogen-bond acceptors (Lipinski definition) is 6. The Morgan fingerprint density at radius 3 is 2.62 bits per heavy atom. The predicted molar refractivity (Wildman–Crippen MR) is 104 cm³/mol. The number of fused-ring (bicyclic) bond motifs is 1. The smallest absolute Gasteiger partial charge is 0.272 e. The maximum atomic E-state index is 14.3. The van der Waals surface area contributed by atoms with E-state index < -0.39 is 17.1 Å². The summed E-state index contributed by atoms with van der Waals surface area (Å²) in [7, 11) is 0. The van der Waals surface area contributed by atoms with Gasteiger partial charge in [0, 0.05) is 43.7 Å². The number of likely N-dealkylation sites (tertiary alicyclic amines) is 1. The van der Waals surface area contributed by atoms with Crippen LogP contribution in [0.3, 0.4) is 0 Å². The molecular formula is C20H17F2N5OS. The Balaban J connectivity index is 1.79. The zero-order valence-electron chi connectivity index (χ0n) is 15.3. The molecule has 0 aromatic carbocycles. The second kappa shape index (κ2) is 6.93. The summed E-state index contributed by atoms with van der Waals surface area (Å²) in [6, 6.07) is 7.16. The average molecular weight is 413 g/mol. The van der Waals surface area contributed by atoms with Gasteiger partial charge in [-0.25, -0.2) is 9.37 Å². The maximum Gasteiger partial charge on any atom is 0.272 e. The molecule has 0 radical (unpaired) electrons. The van der Waals surface area contributed by atoms with Crippen LogP contribution >= 0.6 is 11.3 Å². The standard InChI is InChI=1S/C20H17F2N5OS/c21-14-5-8-26(12-14)20(13-3-1-6-23-10-13)9-16-17(29-19(22)25-16)18(28)27(20)15-4-2-7-24-11-15/h1-4,6-7,10-11,14H,5,8-9,12H2/t14-,20?/m1/s1. The van der Waals surface area contributed by atoms with Gasteiger partial charge < -0.3 is 0 Å². The summed E-state index contributed by atoms with van der Waals surface area (Å²) in [5.41, 5.74) is 0.611. The van der Waals surface area contributed by atoms with E-state index in [0.717, 1.165) is 16.9 Å². The highest BCUT2D eigenvalue weighted by Gasteiger charge is 2.54. The molecule has 2 aliphatic rings. The van der Waals surface area contributed by atoms with Gasteiger partial charge in [-0.1, -0.05) is 17.4 Å². The lowest BCUT2D eigenvalue weighted by molar-refractivity contribution is 0.0672. The van der Waals surface area contributed by atoms with Gasteiger partial charge in [0.2, 0.25) is 0 Å². The Morgan fingerprint density at radius 1 is 1.17 bits per heavy atom. The first-order valence-corrected chi connectivity index (χ1v) is 10.1. The lowest BCUT2D eigenvalue weighted by Crippen LogP contribution is -2.63. The van der Waals surface area contributed by atoms with E-state index in [1.807, 2.05) is 11.0 Å². The first kappa shape index (κ1) is 18.3. The lowest BCUT2D eigenvalue weighted by atomic mass is 9.87. The number of carbonyl (C=O) groups excluding carboxylic acids is 1. The quantitative estimate of drug-likeness (QED) is 0.660. The number of rotatable bonds is 3. The Bertz CT molecular complexity index is 1050. The van der Waals surface area contributed by atoms with Gasteiger partial charge in [0.1, 0.15) is 16.7 Å². The summed E-state index contributed by atoms with van der Waals surface area (Å²) in [5.74, 6) is -0.369. The van der Waals surface area contributed by atoms with Gasteiger partial charge in [0.15, 0.2) is 0 Å². The van der Waals surface area contributed by atoms with E-state index in [1.54, 1.807) is 47.9 Å². The molecule has 5 rings (SSSR count). The summed E-state index contributed by atoms with van der Waals surface area (Å²) in [5, 5.41) is -0.652. The number of alkyl halides is 1. The molecule has 1 fully saturated rings. The van der Waals surface area contributed by atoms with Crippen molar-refractivity contribution in [3.05, 3.63) is 70.4 Å². The average Bonchev–Trinajstić information content (AvgIpc) is 3.34. The number of amides is 1. The SMILES string of the molecule is O=C1c2sc(F)nc2CC(c2cccnc2)(N2CC[C@@H](F)C2)N1c1cccnc1. The number of carbonyl (C=O) groups is 1. The molecule has 0 N–H and O–H groups in total. The molecule has 3 aromatic heterocycles. The molecule has 3 aromatic rings. The van der Waals surface area contributed by atoms with Gasteiger partial charge in [-0.15, -0.1) is 0 Å². The molecule has 0 bridgehead atoms. The fourth-order valence-corrected chi connectivity index (χ4v) is 5.07. The van der Waals surface area contributed by atoms with E-state index in [1.165, 1.54) is 0 Å². The normalized spacial score (nSPS) is 24.7. The summed E-state index contributed by atoms with van der Waals surface area (Å²) in [4.78, 5) is 29.8. The Labute approximate surface area is 169 Å². The lowest BCUT2D eigenvalue weighted by Gasteiger charge is -2.51. The molecule has 29 heavy (non-hydrogen) atoms. The molecule has 9 heteroatoms. The Morgan fingerprint density at radius 2 is 1.97 bits per heavy atom. The second-order valence-electron chi connectivity index (χ2n) is 7.16. The fraction of sp³-hybridized carbons (Fsp3) is 0.300. The van der Waals surface area contributed by atoms with Crippen LogP contribution in [0.2, 0.25) is 0 Å². The van der Waals surface area contributed by atoms with Crippen LogP contribution in [0.15, 0.2) is 49.1 Å². The van der Waals surface area contributed by atoms with Crippen LogP contribution in [-0.2, 0) is 12.1 Å². The van der Waals surface area contributed by atoms with Crippen molar-refractivity contribution >= 4 is 22.9 Å². The fourth-order valence-electron chi connectivity index (χ4n) is 4.33. The van der Waals surface area contributed by atoms with Gasteiger partial charge in [-0.05, 0) is 24.6 Å². The van der Waals surface area contributed by atoms with E-state index in [2.05, 4.69) is 15.0 Å². The van der Waals surface area contributed by atoms with Crippen LogP contribution in [0.1, 0.15) is 27.3 Å². The molecule has 1 unspecified atom stereocenters. The molecule has 0 aliphatic carbocycles. The number of hydrogen-bond donors (Lipinski definition) is 0. The number of aromatic nitrogens is 3. The van der Waals surface area contributed by atoms with E-state index in [0.29, 0.717) is 24.3 Å². The maximum absolute atomic E-state index is 14.3. The molecule has 0 spiro atoms. The highest BCUT2D eigenvalue weighted by Crippen LogP contribution is 2.46. The van der Waals surface area contributed by atoms with Crippen LogP contribution in [0, 0.1) is 5.26 Å². The van der Waals surface area contributed by atoms with Crippen molar-refractivity contribution in [2.75, 3.05) is 18.0 Å². The zero-order valence-corrected chi connectivity index (χ0v) is 16.1. The van der Waals surface area contributed by atoms with Crippen LogP contribution < -0.4 is 4.90 Å². The van der Waals surface area contributed by atoms with Crippen molar-refractivity contribution in [1.82, 2.24) is 19.9 Å². The molecule has 1 amide bonds. The van der Waals surface area contributed by atoms with Gasteiger partial charge in [0.25, 0.3) is 11.2 Å². The highest BCUT2D eigenvalue weighted by molar-refractivity contribution is 7.12. The van der Waals surface area contributed by atoms with E-state index in [4.69, 9.17) is 0 Å². The summed E-state index contributed by atoms with van der Waals surface area (Å²) in [6.07, 6.45) is 6.14. The minimum absolute atomic E-state index is 0.168. The molecule has 2 aliphatic heterocycles. The summed E-state index contributed by atoms with van der Waals surface area (Å²) < 4.78 is 28.3. The summed E-state index contributed by atoms with van der Waals surface area (Å²) >= 11 is 0.738. The van der Waals surface area contributed by atoms with Crippen molar-refractivity contribution in [3.63, 3.8) is 0 Å². The third-order valence-corrected chi connectivity index (χ3v) is 6.41. The minimum Gasteiger partial charge on any atom is -0.282 e. The van der Waals surface area contributed by atoms with Crippen LogP contribution in [0.25, 0.3) is 0 Å². The molecule has 0 saturated carbocycles. The minimum atomic E-state index is -1.07. The van der Waals surface area contributed by atoms with Gasteiger partial charge in [-0.3, -0.25) is 24.6 Å². The van der Waals surface area contributed by atoms with Gasteiger partial charge >= 0.3 is 0 Å². The zero-order chi connectivity index (χ0) is 20.0. The number of pyridine rings is 2. The number of halogens is 2. The molecular weight excluding hydrogens is 396 g/mol. The number of nitrogens with zero attached hydrogens (tertiary/aromatic N) is 5. The van der Waals surface area contributed by atoms with Gasteiger partial charge in [0.05, 0.1) is 17.6 Å². The Kier molecular flexibility index (Phi) is 4.36. The number of thiazole rings is 1. The van der Waals surface area contributed by atoms with Crippen molar-refractivity contribution in [2.24, 2.45) is 0 Å². The highest BCUT2D eigenvalue weighted by atomic mass is 32.1. The third kappa shape index (κ3) is 2.84. The second-order valence-corrected chi connectivity index (χ2v) is 8.11. The monoisotopic (exact) mass is 413 g/mol. The van der Waals surface area contributed by atoms with Crippen molar-refractivity contribution in [3.8, 4) is 0 Å². The van der Waals surface area contributed by atoms with Crippen molar-refractivity contribution in [2.45, 2.75) is 24.7 Å². The molecule has 148 valence electrons. The summed E-state index contributed by atoms with van der Waals surface area (Å²) in [6.45, 7) is 0.628. The molecule has 5 heterocycles.